The maximum Gasteiger partial charge on any atom is 0.305 e. The van der Waals surface area contributed by atoms with Crippen molar-refractivity contribution in [1.82, 2.24) is 9.96 Å². The van der Waals surface area contributed by atoms with E-state index in [9.17, 15) is 15.1 Å². The number of carbonyl (C=O) groups excluding carboxylic acids is 1. The predicted octanol–water partition coefficient (Wildman–Crippen LogP) is 16.1. The maximum absolute atomic E-state index is 12.1. The summed E-state index contributed by atoms with van der Waals surface area (Å²) in [6.45, 7) is 10.1. The molecule has 0 saturated carbocycles. The molecule has 59 heavy (non-hydrogen) atoms. The summed E-state index contributed by atoms with van der Waals surface area (Å²) < 4.78 is 5.49. The van der Waals surface area contributed by atoms with Gasteiger partial charge in [-0.1, -0.05) is 219 Å². The molecular formula is C53H106N2O4. The van der Waals surface area contributed by atoms with Crippen molar-refractivity contribution >= 4 is 5.97 Å². The Kier molecular flexibility index (Phi) is 50.6. The van der Waals surface area contributed by atoms with E-state index in [1.165, 1.54) is 218 Å². The Morgan fingerprint density at radius 3 is 1.12 bits per heavy atom. The van der Waals surface area contributed by atoms with Gasteiger partial charge in [-0.2, -0.15) is 5.06 Å². The van der Waals surface area contributed by atoms with E-state index >= 15 is 0 Å². The second-order valence-corrected chi connectivity index (χ2v) is 18.3. The summed E-state index contributed by atoms with van der Waals surface area (Å²) in [4.78, 5) is 14.6. The van der Waals surface area contributed by atoms with Gasteiger partial charge in [-0.25, -0.2) is 0 Å². The molecular weight excluding hydrogens is 729 g/mol. The van der Waals surface area contributed by atoms with Gasteiger partial charge in [0.15, 0.2) is 0 Å². The van der Waals surface area contributed by atoms with Gasteiger partial charge in [0.05, 0.1) is 13.2 Å². The minimum Gasteiger partial charge on any atom is -0.466 e. The number of allylic oxidation sites excluding steroid dienone is 2. The largest absolute Gasteiger partial charge is 0.466 e. The van der Waals surface area contributed by atoms with Crippen molar-refractivity contribution in [3.8, 4) is 0 Å². The molecule has 0 rings (SSSR count). The monoisotopic (exact) mass is 835 g/mol. The third-order valence-electron chi connectivity index (χ3n) is 12.4. The van der Waals surface area contributed by atoms with Gasteiger partial charge in [-0.3, -0.25) is 4.79 Å². The molecule has 0 atom stereocenters. The number of hydrogen-bond donors (Lipinski definition) is 2. The average molecular weight is 835 g/mol. The fourth-order valence-corrected chi connectivity index (χ4v) is 8.33. The molecule has 0 aromatic heterocycles. The van der Waals surface area contributed by atoms with E-state index in [0.717, 1.165) is 71.2 Å². The van der Waals surface area contributed by atoms with Crippen LogP contribution in [0, 0.1) is 0 Å². The van der Waals surface area contributed by atoms with Crippen LogP contribution in [-0.4, -0.2) is 72.2 Å². The van der Waals surface area contributed by atoms with Gasteiger partial charge < -0.3 is 20.0 Å². The van der Waals surface area contributed by atoms with Gasteiger partial charge in [-0.05, 0) is 77.3 Å². The molecule has 0 saturated heterocycles. The number of rotatable bonds is 51. The second-order valence-electron chi connectivity index (χ2n) is 18.3. The quantitative estimate of drug-likeness (QED) is 0.0275. The van der Waals surface area contributed by atoms with Crippen molar-refractivity contribution in [2.45, 2.75) is 277 Å². The van der Waals surface area contributed by atoms with Crippen LogP contribution in [0.5, 0.6) is 0 Å². The van der Waals surface area contributed by atoms with Crippen LogP contribution in [-0.2, 0) is 9.53 Å². The van der Waals surface area contributed by atoms with Crippen LogP contribution in [0.3, 0.4) is 0 Å². The number of carbonyl (C=O) groups is 1. The molecule has 6 nitrogen and oxygen atoms in total. The van der Waals surface area contributed by atoms with E-state index in [1.807, 2.05) is 0 Å². The van der Waals surface area contributed by atoms with Crippen LogP contribution >= 0.6 is 0 Å². The lowest BCUT2D eigenvalue weighted by molar-refractivity contribution is -0.143. The molecule has 0 aromatic rings. The summed E-state index contributed by atoms with van der Waals surface area (Å²) >= 11 is 0. The number of esters is 1. The molecule has 0 spiro atoms. The Labute approximate surface area is 369 Å². The lowest BCUT2D eigenvalue weighted by Gasteiger charge is -2.21. The summed E-state index contributed by atoms with van der Waals surface area (Å²) in [5.41, 5.74) is 0. The number of aliphatic hydroxyl groups is 1. The molecule has 0 unspecified atom stereocenters. The van der Waals surface area contributed by atoms with Gasteiger partial charge in [-0.15, -0.1) is 0 Å². The molecule has 0 aliphatic rings. The van der Waals surface area contributed by atoms with Gasteiger partial charge in [0, 0.05) is 26.1 Å². The molecule has 2 N–H and O–H groups in total. The summed E-state index contributed by atoms with van der Waals surface area (Å²) in [7, 11) is 0. The highest BCUT2D eigenvalue weighted by Crippen LogP contribution is 2.15. The number of ether oxygens (including phenoxy) is 1. The summed E-state index contributed by atoms with van der Waals surface area (Å²) in [5, 5.41) is 21.2. The molecule has 0 bridgehead atoms. The fraction of sp³-hybridized carbons (Fsp3) is 0.943. The van der Waals surface area contributed by atoms with Crippen LogP contribution in [0.25, 0.3) is 0 Å². The van der Waals surface area contributed by atoms with Gasteiger partial charge >= 0.3 is 5.97 Å². The molecule has 0 aliphatic heterocycles. The van der Waals surface area contributed by atoms with E-state index in [4.69, 9.17) is 4.74 Å². The number of unbranched alkanes of at least 4 members (excludes halogenated alkanes) is 35. The molecule has 0 amide bonds. The highest BCUT2D eigenvalue weighted by Gasteiger charge is 2.06. The first-order chi connectivity index (χ1) is 29.1. The van der Waals surface area contributed by atoms with E-state index < -0.39 is 0 Å². The van der Waals surface area contributed by atoms with Crippen molar-refractivity contribution in [3.05, 3.63) is 12.2 Å². The van der Waals surface area contributed by atoms with E-state index in [2.05, 4.69) is 30.9 Å². The molecule has 352 valence electrons. The lowest BCUT2D eigenvalue weighted by atomic mass is 10.1. The molecule has 0 aromatic carbocycles. The summed E-state index contributed by atoms with van der Waals surface area (Å²) in [5.74, 6) is -0.0131. The van der Waals surface area contributed by atoms with E-state index in [0.29, 0.717) is 13.0 Å². The zero-order chi connectivity index (χ0) is 42.8. The second kappa shape index (κ2) is 51.4. The van der Waals surface area contributed by atoms with Gasteiger partial charge in [0.1, 0.15) is 0 Å². The zero-order valence-corrected chi connectivity index (χ0v) is 40.2. The number of hydrogen-bond acceptors (Lipinski definition) is 6. The summed E-state index contributed by atoms with van der Waals surface area (Å²) in [6.07, 6.45) is 56.7. The Hall–Kier alpha value is -0.950. The minimum atomic E-state index is -0.0131. The Morgan fingerprint density at radius 1 is 0.407 bits per heavy atom. The minimum absolute atomic E-state index is 0.0131. The maximum atomic E-state index is 12.1. The van der Waals surface area contributed by atoms with Crippen LogP contribution in [0.15, 0.2) is 12.2 Å². The number of nitrogens with zero attached hydrogens (tertiary/aromatic N) is 2. The van der Waals surface area contributed by atoms with Crippen LogP contribution < -0.4 is 0 Å². The van der Waals surface area contributed by atoms with Crippen molar-refractivity contribution in [2.24, 2.45) is 0 Å². The fourth-order valence-electron chi connectivity index (χ4n) is 8.33. The van der Waals surface area contributed by atoms with Crippen molar-refractivity contribution in [1.29, 1.82) is 0 Å². The predicted molar refractivity (Wildman–Crippen MR) is 258 cm³/mol. The summed E-state index contributed by atoms with van der Waals surface area (Å²) in [6, 6.07) is 0. The third-order valence-corrected chi connectivity index (χ3v) is 12.4. The molecule has 6 heteroatoms. The third kappa shape index (κ3) is 49.6. The topological polar surface area (TPSA) is 73.2 Å². The zero-order valence-electron chi connectivity index (χ0n) is 40.2. The van der Waals surface area contributed by atoms with Crippen LogP contribution in [0.4, 0.5) is 0 Å². The Bertz CT molecular complexity index is 823. The number of aliphatic hydroxyl groups excluding tert-OH is 1. The SMILES string of the molecule is CCCCCCCC/C=C\CCCCCCCCN(O)CCCCCCCCCCCOC(=O)CCCCCCCCCN(CCO)CCCCCCCCCCCC. The Morgan fingerprint density at radius 2 is 0.729 bits per heavy atom. The molecule has 0 heterocycles. The first-order valence-electron chi connectivity index (χ1n) is 26.7. The average Bonchev–Trinajstić information content (AvgIpc) is 3.23. The van der Waals surface area contributed by atoms with E-state index in [1.54, 1.807) is 5.06 Å². The molecule has 0 radical (unpaired) electrons. The highest BCUT2D eigenvalue weighted by atomic mass is 16.5. The van der Waals surface area contributed by atoms with Gasteiger partial charge in [0.2, 0.25) is 0 Å². The molecule has 0 fully saturated rings. The van der Waals surface area contributed by atoms with E-state index in [-0.39, 0.29) is 12.6 Å². The van der Waals surface area contributed by atoms with Crippen molar-refractivity contribution < 1.29 is 19.8 Å². The van der Waals surface area contributed by atoms with Gasteiger partial charge in [0.25, 0.3) is 0 Å². The smallest absolute Gasteiger partial charge is 0.305 e. The van der Waals surface area contributed by atoms with Crippen LogP contribution in [0.2, 0.25) is 0 Å². The molecule has 0 aliphatic carbocycles. The highest BCUT2D eigenvalue weighted by molar-refractivity contribution is 5.69. The first kappa shape index (κ1) is 58.0. The first-order valence-corrected chi connectivity index (χ1v) is 26.7. The standard InChI is InChI=1S/C53H106N2O4/c1-3-5-7-9-11-13-15-16-17-18-19-20-23-30-36-42-48-55(58)49-43-37-31-24-21-25-32-38-44-52-59-53(57)45-39-33-27-26-29-35-41-47-54(50-51-56)46-40-34-28-22-14-12-10-8-6-4-2/h16-17,56,58H,3-15,18-52H2,1-2H3/b17-16-. The van der Waals surface area contributed by atoms with Crippen molar-refractivity contribution in [2.75, 3.05) is 45.9 Å². The normalized spacial score (nSPS) is 11.9. The lowest BCUT2D eigenvalue weighted by Crippen LogP contribution is -2.29. The Balaban J connectivity index is 3.38. The number of hydroxylamine groups is 2. The van der Waals surface area contributed by atoms with Crippen molar-refractivity contribution in [3.63, 3.8) is 0 Å². The van der Waals surface area contributed by atoms with Crippen LogP contribution in [0.1, 0.15) is 277 Å².